The lowest BCUT2D eigenvalue weighted by Gasteiger charge is -2.11. The van der Waals surface area contributed by atoms with Gasteiger partial charge in [0.1, 0.15) is 11.4 Å². The second-order valence-electron chi connectivity index (χ2n) is 6.47. The highest BCUT2D eigenvalue weighted by atomic mass is 16.6. The fourth-order valence-electron chi connectivity index (χ4n) is 3.10. The summed E-state index contributed by atoms with van der Waals surface area (Å²) in [7, 11) is 0. The maximum atomic E-state index is 11.3. The molecule has 1 aromatic heterocycles. The van der Waals surface area contributed by atoms with Gasteiger partial charge in [0.25, 0.3) is 11.4 Å². The van der Waals surface area contributed by atoms with Gasteiger partial charge in [-0.2, -0.15) is 0 Å². The molecule has 4 aromatic rings. The molecule has 30 heavy (non-hydrogen) atoms. The quantitative estimate of drug-likeness (QED) is 0.294. The Morgan fingerprint density at radius 2 is 1.07 bits per heavy atom. The van der Waals surface area contributed by atoms with Crippen LogP contribution in [0.2, 0.25) is 0 Å². The predicted molar refractivity (Wildman–Crippen MR) is 113 cm³/mol. The summed E-state index contributed by atoms with van der Waals surface area (Å²) in [6, 6.07) is 15.7. The molecule has 0 aliphatic carbocycles. The molecule has 0 saturated carbocycles. The first-order valence-electron chi connectivity index (χ1n) is 8.70. The number of aromatic nitrogens is 2. The number of anilines is 2. The minimum Gasteiger partial charge on any atom is -0.393 e. The van der Waals surface area contributed by atoms with Crippen LogP contribution in [0, 0.1) is 20.2 Å². The monoisotopic (exact) mass is 402 g/mol. The highest BCUT2D eigenvalue weighted by Crippen LogP contribution is 2.36. The van der Waals surface area contributed by atoms with Crippen molar-refractivity contribution >= 4 is 33.8 Å². The van der Waals surface area contributed by atoms with E-state index in [-0.39, 0.29) is 22.7 Å². The molecule has 4 N–H and O–H groups in total. The minimum atomic E-state index is -0.582. The molecule has 0 fully saturated rings. The lowest BCUT2D eigenvalue weighted by molar-refractivity contribution is -0.384. The molecular weight excluding hydrogens is 388 g/mol. The van der Waals surface area contributed by atoms with Crippen molar-refractivity contribution in [3.05, 3.63) is 80.9 Å². The van der Waals surface area contributed by atoms with Gasteiger partial charge in [0.15, 0.2) is 0 Å². The Morgan fingerprint density at radius 3 is 1.43 bits per heavy atom. The number of nitro benzene ring substituents is 2. The van der Waals surface area contributed by atoms with Gasteiger partial charge in [-0.15, -0.1) is 0 Å². The number of para-hydroxylation sites is 2. The van der Waals surface area contributed by atoms with E-state index in [1.54, 1.807) is 36.4 Å². The fraction of sp³-hybridized carbons (Fsp3) is 0. The third-order valence-electron chi connectivity index (χ3n) is 4.57. The van der Waals surface area contributed by atoms with Crippen LogP contribution in [0.25, 0.3) is 33.5 Å². The summed E-state index contributed by atoms with van der Waals surface area (Å²) in [5, 5.41) is 22.7. The number of nitro groups is 2. The highest BCUT2D eigenvalue weighted by molar-refractivity contribution is 5.88. The number of nitrogens with zero attached hydrogens (tertiary/aromatic N) is 4. The molecule has 10 heteroatoms. The van der Waals surface area contributed by atoms with Crippen LogP contribution in [0.15, 0.2) is 60.7 Å². The normalized spacial score (nSPS) is 10.8. The van der Waals surface area contributed by atoms with E-state index in [1.165, 1.54) is 24.3 Å². The van der Waals surface area contributed by atoms with Crippen molar-refractivity contribution in [1.29, 1.82) is 0 Å². The maximum absolute atomic E-state index is 11.3. The van der Waals surface area contributed by atoms with Gasteiger partial charge in [-0.25, -0.2) is 9.97 Å². The van der Waals surface area contributed by atoms with Crippen molar-refractivity contribution in [3.63, 3.8) is 0 Å². The van der Waals surface area contributed by atoms with Gasteiger partial charge in [0.2, 0.25) is 0 Å². The largest absolute Gasteiger partial charge is 0.393 e. The summed E-state index contributed by atoms with van der Waals surface area (Å²) in [5.41, 5.74) is 13.5. The average Bonchev–Trinajstić information content (AvgIpc) is 2.73. The first-order valence-corrected chi connectivity index (χ1v) is 8.70. The number of nitrogens with two attached hydrogens (primary N) is 2. The Balaban J connectivity index is 2.03. The lowest BCUT2D eigenvalue weighted by Crippen LogP contribution is -2.00. The number of hydrogen-bond acceptors (Lipinski definition) is 8. The summed E-state index contributed by atoms with van der Waals surface area (Å²) in [6.45, 7) is 0. The molecule has 0 unspecified atom stereocenters. The molecule has 0 spiro atoms. The van der Waals surface area contributed by atoms with Crippen LogP contribution < -0.4 is 11.5 Å². The zero-order valence-electron chi connectivity index (χ0n) is 15.4. The smallest absolute Gasteiger partial charge is 0.292 e. The predicted octanol–water partition coefficient (Wildman–Crippen LogP) is 3.94. The summed E-state index contributed by atoms with van der Waals surface area (Å²) >= 11 is 0. The minimum absolute atomic E-state index is 0.0159. The van der Waals surface area contributed by atoms with Gasteiger partial charge < -0.3 is 11.5 Å². The van der Waals surface area contributed by atoms with Crippen molar-refractivity contribution in [3.8, 4) is 22.5 Å². The van der Waals surface area contributed by atoms with Crippen molar-refractivity contribution in [1.82, 2.24) is 9.97 Å². The van der Waals surface area contributed by atoms with Crippen LogP contribution in [-0.2, 0) is 0 Å². The van der Waals surface area contributed by atoms with Gasteiger partial charge in [-0.05, 0) is 24.3 Å². The molecule has 0 aliphatic heterocycles. The number of benzene rings is 3. The molecule has 0 radical (unpaired) electrons. The Labute approximate surface area is 169 Å². The van der Waals surface area contributed by atoms with Crippen molar-refractivity contribution in [2.75, 3.05) is 11.5 Å². The molecule has 0 amide bonds. The highest BCUT2D eigenvalue weighted by Gasteiger charge is 2.20. The molecule has 0 bridgehead atoms. The summed E-state index contributed by atoms with van der Waals surface area (Å²) in [6.07, 6.45) is 0. The Bertz CT molecular complexity index is 1240. The van der Waals surface area contributed by atoms with Crippen LogP contribution in [0.3, 0.4) is 0 Å². The number of nitrogen functional groups attached to an aromatic ring is 2. The van der Waals surface area contributed by atoms with E-state index >= 15 is 0 Å². The zero-order chi connectivity index (χ0) is 21.4. The van der Waals surface area contributed by atoms with E-state index in [9.17, 15) is 20.2 Å². The molecule has 3 aromatic carbocycles. The van der Waals surface area contributed by atoms with Crippen LogP contribution in [0.5, 0.6) is 0 Å². The molecule has 0 aliphatic rings. The Kier molecular flexibility index (Phi) is 4.43. The molecule has 0 saturated heterocycles. The van der Waals surface area contributed by atoms with E-state index in [0.29, 0.717) is 33.5 Å². The number of fused-ring (bicyclic) bond motifs is 1. The van der Waals surface area contributed by atoms with Crippen molar-refractivity contribution in [2.24, 2.45) is 0 Å². The first kappa shape index (κ1) is 18.7. The lowest BCUT2D eigenvalue weighted by atomic mass is 10.0. The Hall–Kier alpha value is -4.60. The molecule has 148 valence electrons. The molecule has 10 nitrogen and oxygen atoms in total. The van der Waals surface area contributed by atoms with Crippen molar-refractivity contribution in [2.45, 2.75) is 0 Å². The number of rotatable bonds is 4. The Morgan fingerprint density at radius 1 is 0.667 bits per heavy atom. The third-order valence-corrected chi connectivity index (χ3v) is 4.57. The topological polar surface area (TPSA) is 164 Å². The second kappa shape index (κ2) is 7.09. The van der Waals surface area contributed by atoms with Crippen LogP contribution in [-0.4, -0.2) is 19.8 Å². The molecule has 4 rings (SSSR count). The van der Waals surface area contributed by atoms with Crippen LogP contribution in [0.4, 0.5) is 22.7 Å². The van der Waals surface area contributed by atoms with Gasteiger partial charge >= 0.3 is 0 Å². The van der Waals surface area contributed by atoms with E-state index < -0.39 is 9.85 Å². The molecule has 1 heterocycles. The summed E-state index contributed by atoms with van der Waals surface area (Å²) in [5.74, 6) is 0. The van der Waals surface area contributed by atoms with Gasteiger partial charge in [-0.3, -0.25) is 20.2 Å². The summed E-state index contributed by atoms with van der Waals surface area (Å²) in [4.78, 5) is 30.7. The van der Waals surface area contributed by atoms with Crippen LogP contribution in [0.1, 0.15) is 0 Å². The first-order chi connectivity index (χ1) is 14.3. The maximum Gasteiger partial charge on any atom is 0.292 e. The van der Waals surface area contributed by atoms with Crippen LogP contribution >= 0.6 is 0 Å². The zero-order valence-corrected chi connectivity index (χ0v) is 15.4. The van der Waals surface area contributed by atoms with E-state index in [2.05, 4.69) is 9.97 Å². The molecular formula is C20H14N6O4. The fourth-order valence-corrected chi connectivity index (χ4v) is 3.10. The molecule has 0 atom stereocenters. The van der Waals surface area contributed by atoms with Gasteiger partial charge in [0, 0.05) is 23.3 Å². The van der Waals surface area contributed by atoms with Gasteiger partial charge in [0.05, 0.1) is 32.3 Å². The third kappa shape index (κ3) is 3.22. The van der Waals surface area contributed by atoms with Gasteiger partial charge in [-0.1, -0.05) is 24.3 Å². The van der Waals surface area contributed by atoms with E-state index in [4.69, 9.17) is 11.5 Å². The SMILES string of the molecule is Nc1ccc(-c2nc3ccccc3nc2-c2ccc(N)c([N+](=O)[O-])c2)cc1[N+](=O)[O-]. The summed E-state index contributed by atoms with van der Waals surface area (Å²) < 4.78 is 0. The van der Waals surface area contributed by atoms with E-state index in [1.807, 2.05) is 0 Å². The second-order valence-corrected chi connectivity index (χ2v) is 6.47. The van der Waals surface area contributed by atoms with Crippen molar-refractivity contribution < 1.29 is 9.85 Å². The average molecular weight is 402 g/mol. The standard InChI is InChI=1S/C20H14N6O4/c21-13-7-5-11(9-17(13)25(27)28)19-20(24-16-4-2-1-3-15(16)23-19)12-6-8-14(22)18(10-12)26(29)30/h1-10H,21-22H2. The number of hydrogen-bond donors (Lipinski definition) is 2. The van der Waals surface area contributed by atoms with E-state index in [0.717, 1.165) is 0 Å².